The van der Waals surface area contributed by atoms with Crippen LogP contribution in [0.3, 0.4) is 0 Å². The van der Waals surface area contributed by atoms with E-state index in [-0.39, 0.29) is 0 Å². The smallest absolute Gasteiger partial charge is 0.181 e. The minimum Gasteiger partial charge on any atom is -0.448 e. The van der Waals surface area contributed by atoms with Crippen LogP contribution in [0, 0.1) is 5.92 Å². The fourth-order valence-corrected chi connectivity index (χ4v) is 1.28. The number of aryl methyl sites for hydroxylation is 1. The summed E-state index contributed by atoms with van der Waals surface area (Å²) in [5.41, 5.74) is 1.15. The van der Waals surface area contributed by atoms with E-state index in [9.17, 15) is 0 Å². The molecule has 0 unspecified atom stereocenters. The molecule has 0 amide bonds. The quantitative estimate of drug-likeness (QED) is 0.689. The molecule has 1 aromatic heterocycles. The third-order valence-corrected chi connectivity index (χ3v) is 1.80. The Hall–Kier alpha value is -0.790. The Morgan fingerprint density at radius 3 is 2.83 bits per heavy atom. The van der Waals surface area contributed by atoms with Crippen LogP contribution < -0.4 is 0 Å². The number of aromatic nitrogens is 1. The van der Waals surface area contributed by atoms with Crippen molar-refractivity contribution >= 4 is 0 Å². The van der Waals surface area contributed by atoms with E-state index in [2.05, 4.69) is 25.8 Å². The van der Waals surface area contributed by atoms with Crippen molar-refractivity contribution in [3.8, 4) is 0 Å². The summed E-state index contributed by atoms with van der Waals surface area (Å²) in [7, 11) is 0. The molecule has 0 spiro atoms. The molecule has 0 radical (unpaired) electrons. The number of rotatable bonds is 4. The molecule has 0 aliphatic rings. The molecule has 0 fully saturated rings. The van der Waals surface area contributed by atoms with Crippen LogP contribution in [0.1, 0.15) is 38.6 Å². The standard InChI is InChI=1S/C10H17NO/c1-4-5-10-9(6-8(2)3)11-7-12-10/h7-8H,4-6H2,1-3H3. The summed E-state index contributed by atoms with van der Waals surface area (Å²) in [6.07, 6.45) is 4.73. The molecule has 0 saturated carbocycles. The monoisotopic (exact) mass is 167 g/mol. The maximum absolute atomic E-state index is 5.29. The molecule has 1 aromatic rings. The zero-order valence-electron chi connectivity index (χ0n) is 8.13. The van der Waals surface area contributed by atoms with Gasteiger partial charge in [0.1, 0.15) is 5.76 Å². The highest BCUT2D eigenvalue weighted by Gasteiger charge is 2.08. The molecule has 2 heteroatoms. The van der Waals surface area contributed by atoms with Crippen molar-refractivity contribution in [3.63, 3.8) is 0 Å². The van der Waals surface area contributed by atoms with Gasteiger partial charge in [-0.05, 0) is 18.8 Å². The van der Waals surface area contributed by atoms with Crippen molar-refractivity contribution in [2.24, 2.45) is 5.92 Å². The summed E-state index contributed by atoms with van der Waals surface area (Å²) in [6.45, 7) is 6.55. The second-order valence-electron chi connectivity index (χ2n) is 3.57. The Bertz CT molecular complexity index is 227. The maximum atomic E-state index is 5.29. The lowest BCUT2D eigenvalue weighted by molar-refractivity contribution is 0.494. The number of hydrogen-bond acceptors (Lipinski definition) is 2. The molecule has 12 heavy (non-hydrogen) atoms. The van der Waals surface area contributed by atoms with Crippen LogP contribution in [0.5, 0.6) is 0 Å². The molecule has 68 valence electrons. The van der Waals surface area contributed by atoms with Gasteiger partial charge in [-0.2, -0.15) is 0 Å². The molecule has 0 aromatic carbocycles. The highest BCUT2D eigenvalue weighted by atomic mass is 16.3. The molecule has 0 aliphatic heterocycles. The Kier molecular flexibility index (Phi) is 3.32. The Labute approximate surface area is 74.0 Å². The predicted molar refractivity (Wildman–Crippen MR) is 49.0 cm³/mol. The minimum absolute atomic E-state index is 0.658. The van der Waals surface area contributed by atoms with Crippen molar-refractivity contribution in [1.29, 1.82) is 0 Å². The Morgan fingerprint density at radius 1 is 1.50 bits per heavy atom. The van der Waals surface area contributed by atoms with Crippen molar-refractivity contribution < 1.29 is 4.42 Å². The third-order valence-electron chi connectivity index (χ3n) is 1.80. The van der Waals surface area contributed by atoms with E-state index in [1.54, 1.807) is 6.39 Å². The van der Waals surface area contributed by atoms with Crippen LogP contribution in [0.25, 0.3) is 0 Å². The van der Waals surface area contributed by atoms with Gasteiger partial charge in [0, 0.05) is 6.42 Å². The second-order valence-corrected chi connectivity index (χ2v) is 3.57. The van der Waals surface area contributed by atoms with Crippen molar-refractivity contribution in [2.75, 3.05) is 0 Å². The summed E-state index contributed by atoms with van der Waals surface area (Å²) in [4.78, 5) is 4.21. The summed E-state index contributed by atoms with van der Waals surface area (Å²) in [5, 5.41) is 0. The zero-order chi connectivity index (χ0) is 8.97. The van der Waals surface area contributed by atoms with Gasteiger partial charge in [0.15, 0.2) is 6.39 Å². The lowest BCUT2D eigenvalue weighted by Gasteiger charge is -2.02. The molecule has 1 heterocycles. The van der Waals surface area contributed by atoms with E-state index in [4.69, 9.17) is 4.42 Å². The molecular formula is C10H17NO. The molecular weight excluding hydrogens is 150 g/mol. The normalized spacial score (nSPS) is 11.0. The van der Waals surface area contributed by atoms with E-state index >= 15 is 0 Å². The summed E-state index contributed by atoms with van der Waals surface area (Å²) >= 11 is 0. The molecule has 0 bridgehead atoms. The Balaban J connectivity index is 2.63. The SMILES string of the molecule is CCCc1ocnc1CC(C)C. The summed E-state index contributed by atoms with van der Waals surface area (Å²) in [5.74, 6) is 1.73. The van der Waals surface area contributed by atoms with Gasteiger partial charge in [0.25, 0.3) is 0 Å². The highest BCUT2D eigenvalue weighted by molar-refractivity contribution is 5.07. The van der Waals surface area contributed by atoms with Crippen LogP contribution in [0.15, 0.2) is 10.8 Å². The van der Waals surface area contributed by atoms with Crippen molar-refractivity contribution in [2.45, 2.75) is 40.0 Å². The number of nitrogens with zero attached hydrogens (tertiary/aromatic N) is 1. The average molecular weight is 167 g/mol. The van der Waals surface area contributed by atoms with Gasteiger partial charge in [0.05, 0.1) is 5.69 Å². The fourth-order valence-electron chi connectivity index (χ4n) is 1.28. The fraction of sp³-hybridized carbons (Fsp3) is 0.700. The van der Waals surface area contributed by atoms with Gasteiger partial charge >= 0.3 is 0 Å². The summed E-state index contributed by atoms with van der Waals surface area (Å²) in [6, 6.07) is 0. The first-order valence-electron chi connectivity index (χ1n) is 4.65. The number of oxazole rings is 1. The average Bonchev–Trinajstić information content (AvgIpc) is 2.37. The van der Waals surface area contributed by atoms with E-state index < -0.39 is 0 Å². The van der Waals surface area contributed by atoms with Crippen LogP contribution in [0.2, 0.25) is 0 Å². The lowest BCUT2D eigenvalue weighted by atomic mass is 10.1. The molecule has 0 N–H and O–H groups in total. The minimum atomic E-state index is 0.658. The van der Waals surface area contributed by atoms with Crippen LogP contribution >= 0.6 is 0 Å². The second kappa shape index (κ2) is 4.29. The van der Waals surface area contributed by atoms with Crippen LogP contribution in [-0.2, 0) is 12.8 Å². The van der Waals surface area contributed by atoms with Gasteiger partial charge in [-0.25, -0.2) is 4.98 Å². The summed E-state index contributed by atoms with van der Waals surface area (Å²) < 4.78 is 5.29. The first-order valence-corrected chi connectivity index (χ1v) is 4.65. The van der Waals surface area contributed by atoms with Gasteiger partial charge in [0.2, 0.25) is 0 Å². The Morgan fingerprint density at radius 2 is 2.25 bits per heavy atom. The van der Waals surface area contributed by atoms with E-state index in [1.807, 2.05) is 0 Å². The largest absolute Gasteiger partial charge is 0.448 e. The first-order chi connectivity index (χ1) is 5.74. The van der Waals surface area contributed by atoms with E-state index in [0.717, 1.165) is 30.7 Å². The predicted octanol–water partition coefficient (Wildman–Crippen LogP) is 2.83. The molecule has 0 atom stereocenters. The van der Waals surface area contributed by atoms with Crippen LogP contribution in [0.4, 0.5) is 0 Å². The van der Waals surface area contributed by atoms with Crippen molar-refractivity contribution in [1.82, 2.24) is 4.98 Å². The molecule has 2 nitrogen and oxygen atoms in total. The van der Waals surface area contributed by atoms with Crippen LogP contribution in [-0.4, -0.2) is 4.98 Å². The lowest BCUT2D eigenvalue weighted by Crippen LogP contribution is -1.97. The third kappa shape index (κ3) is 2.36. The topological polar surface area (TPSA) is 26.0 Å². The van der Waals surface area contributed by atoms with E-state index in [0.29, 0.717) is 5.92 Å². The van der Waals surface area contributed by atoms with E-state index in [1.165, 1.54) is 0 Å². The highest BCUT2D eigenvalue weighted by Crippen LogP contribution is 2.13. The van der Waals surface area contributed by atoms with Gasteiger partial charge in [-0.15, -0.1) is 0 Å². The van der Waals surface area contributed by atoms with Gasteiger partial charge < -0.3 is 4.42 Å². The molecule has 0 saturated heterocycles. The molecule has 1 rings (SSSR count). The molecule has 0 aliphatic carbocycles. The van der Waals surface area contributed by atoms with Gasteiger partial charge in [-0.1, -0.05) is 20.8 Å². The zero-order valence-corrected chi connectivity index (χ0v) is 8.13. The number of hydrogen-bond donors (Lipinski definition) is 0. The first kappa shape index (κ1) is 9.30. The maximum Gasteiger partial charge on any atom is 0.181 e. The van der Waals surface area contributed by atoms with Gasteiger partial charge in [-0.3, -0.25) is 0 Å². The van der Waals surface area contributed by atoms with Crippen molar-refractivity contribution in [3.05, 3.63) is 17.8 Å².